The molecule has 1 aliphatic rings. The van der Waals surface area contributed by atoms with Crippen molar-refractivity contribution in [2.75, 3.05) is 26.2 Å². The summed E-state index contributed by atoms with van der Waals surface area (Å²) in [7, 11) is 0. The summed E-state index contributed by atoms with van der Waals surface area (Å²) >= 11 is 0. The molecule has 19 heavy (non-hydrogen) atoms. The predicted molar refractivity (Wildman–Crippen MR) is 67.6 cm³/mol. The van der Waals surface area contributed by atoms with Crippen molar-refractivity contribution in [1.82, 2.24) is 30.9 Å². The third kappa shape index (κ3) is 3.50. The summed E-state index contributed by atoms with van der Waals surface area (Å²) in [6.07, 6.45) is 2.47. The molecule has 1 fully saturated rings. The van der Waals surface area contributed by atoms with Crippen molar-refractivity contribution in [3.05, 3.63) is 11.9 Å². The first kappa shape index (κ1) is 13.5. The molecule has 1 saturated heterocycles. The number of rotatable bonds is 6. The zero-order chi connectivity index (χ0) is 13.7. The topological polar surface area (TPSA) is 101 Å². The molecule has 0 radical (unpaired) electrons. The monoisotopic (exact) mass is 266 g/mol. The van der Waals surface area contributed by atoms with Gasteiger partial charge in [-0.05, 0) is 6.42 Å². The lowest BCUT2D eigenvalue weighted by Crippen LogP contribution is -2.43. The van der Waals surface area contributed by atoms with E-state index in [-0.39, 0.29) is 30.1 Å². The number of nitrogens with zero attached hydrogens (tertiary/aromatic N) is 3. The Hall–Kier alpha value is -1.96. The quantitative estimate of drug-likeness (QED) is 0.593. The highest BCUT2D eigenvalue weighted by Gasteiger charge is 2.21. The Bertz CT molecular complexity index is 454. The minimum Gasteiger partial charge on any atom is -0.355 e. The standard InChI is InChI=1S/C11H18N6O2/c1-2-3-13-10(18)6-14-11(19)9-7-17(16-15-9)8-4-12-5-8/h7-8,12H,2-6H2,1H3,(H,13,18)(H,14,19). The van der Waals surface area contributed by atoms with Gasteiger partial charge < -0.3 is 16.0 Å². The number of carbonyl (C=O) groups is 2. The van der Waals surface area contributed by atoms with Gasteiger partial charge in [0, 0.05) is 19.6 Å². The van der Waals surface area contributed by atoms with Crippen LogP contribution in [0.4, 0.5) is 0 Å². The molecular weight excluding hydrogens is 248 g/mol. The Morgan fingerprint density at radius 1 is 1.47 bits per heavy atom. The number of aromatic nitrogens is 3. The van der Waals surface area contributed by atoms with E-state index < -0.39 is 0 Å². The van der Waals surface area contributed by atoms with Crippen LogP contribution in [0, 0.1) is 0 Å². The van der Waals surface area contributed by atoms with E-state index in [2.05, 4.69) is 26.3 Å². The van der Waals surface area contributed by atoms with E-state index in [0.717, 1.165) is 19.5 Å². The molecule has 3 N–H and O–H groups in total. The SMILES string of the molecule is CCCNC(=O)CNC(=O)c1cn(C2CNC2)nn1. The molecule has 0 spiro atoms. The van der Waals surface area contributed by atoms with Crippen LogP contribution in [0.15, 0.2) is 6.20 Å². The number of hydrogen-bond donors (Lipinski definition) is 3. The summed E-state index contributed by atoms with van der Waals surface area (Å²) in [4.78, 5) is 23.1. The third-order valence-electron chi connectivity index (χ3n) is 2.86. The highest BCUT2D eigenvalue weighted by atomic mass is 16.2. The Balaban J connectivity index is 1.79. The first-order valence-corrected chi connectivity index (χ1v) is 6.38. The fourth-order valence-electron chi connectivity index (χ4n) is 1.60. The highest BCUT2D eigenvalue weighted by molar-refractivity contribution is 5.94. The smallest absolute Gasteiger partial charge is 0.273 e. The molecule has 1 aromatic heterocycles. The minimum atomic E-state index is -0.384. The van der Waals surface area contributed by atoms with Crippen LogP contribution in [0.5, 0.6) is 0 Å². The van der Waals surface area contributed by atoms with Crippen molar-refractivity contribution in [2.24, 2.45) is 0 Å². The van der Waals surface area contributed by atoms with Gasteiger partial charge in [0.25, 0.3) is 5.91 Å². The Morgan fingerprint density at radius 2 is 2.26 bits per heavy atom. The van der Waals surface area contributed by atoms with Crippen LogP contribution in [0.2, 0.25) is 0 Å². The average Bonchev–Trinajstić information content (AvgIpc) is 2.80. The molecule has 104 valence electrons. The van der Waals surface area contributed by atoms with Crippen LogP contribution in [-0.4, -0.2) is 53.0 Å². The number of carbonyl (C=O) groups excluding carboxylic acids is 2. The lowest BCUT2D eigenvalue weighted by atomic mass is 10.2. The molecule has 0 atom stereocenters. The molecule has 1 aliphatic heterocycles. The maximum absolute atomic E-state index is 11.7. The molecule has 0 aromatic carbocycles. The summed E-state index contributed by atoms with van der Waals surface area (Å²) in [5, 5.41) is 16.0. The fraction of sp³-hybridized carbons (Fsp3) is 0.636. The van der Waals surface area contributed by atoms with Gasteiger partial charge in [-0.15, -0.1) is 5.10 Å². The van der Waals surface area contributed by atoms with E-state index in [1.165, 1.54) is 0 Å². The van der Waals surface area contributed by atoms with E-state index in [1.54, 1.807) is 10.9 Å². The van der Waals surface area contributed by atoms with Gasteiger partial charge in [-0.1, -0.05) is 12.1 Å². The van der Waals surface area contributed by atoms with Gasteiger partial charge in [-0.3, -0.25) is 9.59 Å². The maximum atomic E-state index is 11.7. The lowest BCUT2D eigenvalue weighted by molar-refractivity contribution is -0.120. The van der Waals surface area contributed by atoms with E-state index in [4.69, 9.17) is 0 Å². The summed E-state index contributed by atoms with van der Waals surface area (Å²) in [5.41, 5.74) is 0.232. The maximum Gasteiger partial charge on any atom is 0.273 e. The predicted octanol–water partition coefficient (Wildman–Crippen LogP) is -1.32. The van der Waals surface area contributed by atoms with Crippen molar-refractivity contribution in [2.45, 2.75) is 19.4 Å². The lowest BCUT2D eigenvalue weighted by Gasteiger charge is -2.26. The van der Waals surface area contributed by atoms with Gasteiger partial charge in [0.2, 0.25) is 5.91 Å². The molecule has 2 heterocycles. The van der Waals surface area contributed by atoms with Crippen LogP contribution in [0.1, 0.15) is 29.9 Å². The van der Waals surface area contributed by atoms with Crippen LogP contribution in [-0.2, 0) is 4.79 Å². The van der Waals surface area contributed by atoms with Crippen molar-refractivity contribution in [3.8, 4) is 0 Å². The first-order valence-electron chi connectivity index (χ1n) is 6.38. The average molecular weight is 266 g/mol. The van der Waals surface area contributed by atoms with Crippen LogP contribution < -0.4 is 16.0 Å². The number of nitrogens with one attached hydrogen (secondary N) is 3. The normalized spacial score (nSPS) is 14.8. The van der Waals surface area contributed by atoms with Crippen molar-refractivity contribution >= 4 is 11.8 Å². The molecule has 0 bridgehead atoms. The fourth-order valence-corrected chi connectivity index (χ4v) is 1.60. The summed E-state index contributed by atoms with van der Waals surface area (Å²) < 4.78 is 1.67. The summed E-state index contributed by atoms with van der Waals surface area (Å²) in [6, 6.07) is 0.266. The van der Waals surface area contributed by atoms with E-state index >= 15 is 0 Å². The highest BCUT2D eigenvalue weighted by Crippen LogP contribution is 2.09. The first-order chi connectivity index (χ1) is 9.20. The second-order valence-electron chi connectivity index (χ2n) is 4.43. The van der Waals surface area contributed by atoms with E-state index in [0.29, 0.717) is 6.54 Å². The molecule has 1 aromatic rings. The van der Waals surface area contributed by atoms with Crippen molar-refractivity contribution < 1.29 is 9.59 Å². The van der Waals surface area contributed by atoms with Crippen molar-refractivity contribution in [3.63, 3.8) is 0 Å². The Labute approximate surface area is 110 Å². The van der Waals surface area contributed by atoms with Crippen LogP contribution in [0.3, 0.4) is 0 Å². The summed E-state index contributed by atoms with van der Waals surface area (Å²) in [5.74, 6) is -0.587. The number of amides is 2. The second kappa shape index (κ2) is 6.28. The van der Waals surface area contributed by atoms with E-state index in [9.17, 15) is 9.59 Å². The molecular formula is C11H18N6O2. The second-order valence-corrected chi connectivity index (χ2v) is 4.43. The molecule has 0 unspecified atom stereocenters. The molecule has 8 nitrogen and oxygen atoms in total. The van der Waals surface area contributed by atoms with Gasteiger partial charge in [0.15, 0.2) is 5.69 Å². The Kier molecular flexibility index (Phi) is 4.45. The zero-order valence-electron chi connectivity index (χ0n) is 10.8. The molecule has 0 aliphatic carbocycles. The van der Waals surface area contributed by atoms with Crippen LogP contribution >= 0.6 is 0 Å². The van der Waals surface area contributed by atoms with Gasteiger partial charge in [-0.2, -0.15) is 0 Å². The summed E-state index contributed by atoms with van der Waals surface area (Å²) in [6.45, 7) is 4.20. The Morgan fingerprint density at radius 3 is 2.89 bits per heavy atom. The molecule has 2 amide bonds. The van der Waals surface area contributed by atoms with E-state index in [1.807, 2.05) is 6.92 Å². The minimum absolute atomic E-state index is 0.0450. The molecule has 2 rings (SSSR count). The number of hydrogen-bond acceptors (Lipinski definition) is 5. The van der Waals surface area contributed by atoms with Gasteiger partial charge >= 0.3 is 0 Å². The largest absolute Gasteiger partial charge is 0.355 e. The van der Waals surface area contributed by atoms with Gasteiger partial charge in [0.05, 0.1) is 18.8 Å². The van der Waals surface area contributed by atoms with Crippen molar-refractivity contribution in [1.29, 1.82) is 0 Å². The zero-order valence-corrected chi connectivity index (χ0v) is 10.8. The van der Waals surface area contributed by atoms with Crippen LogP contribution in [0.25, 0.3) is 0 Å². The van der Waals surface area contributed by atoms with Gasteiger partial charge in [0.1, 0.15) is 0 Å². The molecule has 0 saturated carbocycles. The molecule has 8 heteroatoms. The third-order valence-corrected chi connectivity index (χ3v) is 2.86. The van der Waals surface area contributed by atoms with Gasteiger partial charge in [-0.25, -0.2) is 4.68 Å².